The Kier molecular flexibility index (Phi) is 7.63. The fourth-order valence-electron chi connectivity index (χ4n) is 2.88. The fourth-order valence-corrected chi connectivity index (χ4v) is 3.07. The van der Waals surface area contributed by atoms with Crippen LogP contribution in [0.1, 0.15) is 12.0 Å². The molecule has 2 aromatic rings. The van der Waals surface area contributed by atoms with Crippen molar-refractivity contribution in [3.05, 3.63) is 59.1 Å². The number of carboxylic acid groups (broad SMARTS) is 1. The first kappa shape index (κ1) is 19.9. The number of nitrogens with one attached hydrogen (secondary N) is 1. The maximum absolute atomic E-state index is 11.3. The molecule has 6 heteroatoms. The predicted octanol–water partition coefficient (Wildman–Crippen LogP) is 3.40. The quantitative estimate of drug-likeness (QED) is 0.624. The van der Waals surface area contributed by atoms with Crippen LogP contribution in [0.15, 0.2) is 48.5 Å². The van der Waals surface area contributed by atoms with Gasteiger partial charge in [-0.15, -0.1) is 0 Å². The number of hydrogen-bond donors (Lipinski definition) is 2. The molecule has 0 saturated carbocycles. The highest BCUT2D eigenvalue weighted by Crippen LogP contribution is 2.23. The number of methoxy groups -OCH3 is 1. The Morgan fingerprint density at radius 2 is 1.96 bits per heavy atom. The summed E-state index contributed by atoms with van der Waals surface area (Å²) in [6.07, 6.45) is 1.46. The molecule has 0 aliphatic carbocycles. The first-order valence-electron chi connectivity index (χ1n) is 8.29. The molecule has 26 heavy (non-hydrogen) atoms. The van der Waals surface area contributed by atoms with Crippen molar-refractivity contribution in [1.29, 1.82) is 0 Å². The molecule has 0 fully saturated rings. The van der Waals surface area contributed by atoms with E-state index in [-0.39, 0.29) is 12.6 Å². The normalized spacial score (nSPS) is 13.0. The SMILES string of the molecule is COC[C@H](C[C@@H](Cc1ccc(-c2cccc(Cl)c2)cc1)NC=O)C(=O)O. The smallest absolute Gasteiger partial charge is 0.308 e. The first-order valence-corrected chi connectivity index (χ1v) is 8.67. The summed E-state index contributed by atoms with van der Waals surface area (Å²) >= 11 is 6.03. The van der Waals surface area contributed by atoms with Crippen LogP contribution in [0.4, 0.5) is 0 Å². The van der Waals surface area contributed by atoms with Crippen molar-refractivity contribution in [1.82, 2.24) is 5.32 Å². The third-order valence-electron chi connectivity index (χ3n) is 4.18. The molecule has 0 saturated heterocycles. The van der Waals surface area contributed by atoms with Crippen LogP contribution in [-0.4, -0.2) is 37.2 Å². The van der Waals surface area contributed by atoms with E-state index in [9.17, 15) is 14.7 Å². The Morgan fingerprint density at radius 3 is 2.54 bits per heavy atom. The first-order chi connectivity index (χ1) is 12.5. The van der Waals surface area contributed by atoms with Crippen LogP contribution in [0, 0.1) is 5.92 Å². The summed E-state index contributed by atoms with van der Waals surface area (Å²) < 4.78 is 4.96. The number of rotatable bonds is 10. The van der Waals surface area contributed by atoms with E-state index in [0.29, 0.717) is 24.3 Å². The third-order valence-corrected chi connectivity index (χ3v) is 4.42. The molecule has 0 bridgehead atoms. The average Bonchev–Trinajstić information content (AvgIpc) is 2.62. The summed E-state index contributed by atoms with van der Waals surface area (Å²) in [4.78, 5) is 22.2. The fraction of sp³-hybridized carbons (Fsp3) is 0.300. The number of amides is 1. The van der Waals surface area contributed by atoms with E-state index < -0.39 is 11.9 Å². The van der Waals surface area contributed by atoms with Crippen LogP contribution < -0.4 is 5.32 Å². The number of halogens is 1. The van der Waals surface area contributed by atoms with Crippen LogP contribution in [0.2, 0.25) is 5.02 Å². The zero-order valence-corrected chi connectivity index (χ0v) is 15.3. The van der Waals surface area contributed by atoms with Crippen LogP contribution in [-0.2, 0) is 20.7 Å². The Hall–Kier alpha value is -2.37. The highest BCUT2D eigenvalue weighted by Gasteiger charge is 2.22. The van der Waals surface area contributed by atoms with Gasteiger partial charge in [0.25, 0.3) is 0 Å². The minimum atomic E-state index is -0.930. The molecule has 0 aromatic heterocycles. The van der Waals surface area contributed by atoms with Crippen LogP contribution in [0.5, 0.6) is 0 Å². The summed E-state index contributed by atoms with van der Waals surface area (Å²) in [5, 5.41) is 12.7. The number of aliphatic carboxylic acids is 1. The second-order valence-electron chi connectivity index (χ2n) is 6.12. The molecule has 2 atom stereocenters. The lowest BCUT2D eigenvalue weighted by Gasteiger charge is -2.20. The van der Waals surface area contributed by atoms with Gasteiger partial charge in [-0.2, -0.15) is 0 Å². The van der Waals surface area contributed by atoms with Gasteiger partial charge < -0.3 is 15.2 Å². The summed E-state index contributed by atoms with van der Waals surface area (Å²) in [5.41, 5.74) is 3.08. The summed E-state index contributed by atoms with van der Waals surface area (Å²) in [5.74, 6) is -1.59. The van der Waals surface area contributed by atoms with Crippen molar-refractivity contribution in [2.24, 2.45) is 5.92 Å². The van der Waals surface area contributed by atoms with E-state index in [1.54, 1.807) is 0 Å². The molecule has 0 spiro atoms. The van der Waals surface area contributed by atoms with E-state index in [4.69, 9.17) is 16.3 Å². The van der Waals surface area contributed by atoms with E-state index in [1.165, 1.54) is 7.11 Å². The van der Waals surface area contributed by atoms with Gasteiger partial charge in [-0.05, 0) is 41.7 Å². The predicted molar refractivity (Wildman–Crippen MR) is 101 cm³/mol. The monoisotopic (exact) mass is 375 g/mol. The summed E-state index contributed by atoms with van der Waals surface area (Å²) in [7, 11) is 1.46. The molecule has 2 aromatic carbocycles. The Morgan fingerprint density at radius 1 is 1.23 bits per heavy atom. The van der Waals surface area contributed by atoms with Gasteiger partial charge in [-0.1, -0.05) is 48.0 Å². The Labute approximate surface area is 157 Å². The van der Waals surface area contributed by atoms with Gasteiger partial charge in [-0.3, -0.25) is 9.59 Å². The molecular formula is C20H22ClNO4. The minimum absolute atomic E-state index is 0.111. The molecule has 0 aliphatic rings. The third kappa shape index (κ3) is 5.86. The standard InChI is InChI=1S/C20H22ClNO4/c1-26-12-17(20(24)25)11-19(22-13-23)9-14-5-7-15(8-6-14)16-3-2-4-18(21)10-16/h2-8,10,13,17,19H,9,11-12H2,1H3,(H,22,23)(H,24,25)/t17-,19+/m0/s1. The van der Waals surface area contributed by atoms with Gasteiger partial charge in [0.05, 0.1) is 12.5 Å². The van der Waals surface area contributed by atoms with Crippen LogP contribution in [0.3, 0.4) is 0 Å². The molecule has 0 aliphatic heterocycles. The Bertz CT molecular complexity index is 733. The van der Waals surface area contributed by atoms with Gasteiger partial charge in [0.2, 0.25) is 6.41 Å². The minimum Gasteiger partial charge on any atom is -0.481 e. The molecule has 0 radical (unpaired) electrons. The molecule has 5 nitrogen and oxygen atoms in total. The molecule has 2 rings (SSSR count). The second-order valence-corrected chi connectivity index (χ2v) is 6.56. The molecular weight excluding hydrogens is 354 g/mol. The van der Waals surface area contributed by atoms with E-state index in [0.717, 1.165) is 16.7 Å². The highest BCUT2D eigenvalue weighted by atomic mass is 35.5. The lowest BCUT2D eigenvalue weighted by Crippen LogP contribution is -2.35. The number of hydrogen-bond acceptors (Lipinski definition) is 3. The Balaban J connectivity index is 2.08. The maximum atomic E-state index is 11.3. The van der Waals surface area contributed by atoms with E-state index in [1.807, 2.05) is 48.5 Å². The molecule has 1 amide bonds. The van der Waals surface area contributed by atoms with E-state index >= 15 is 0 Å². The van der Waals surface area contributed by atoms with Gasteiger partial charge in [0.15, 0.2) is 0 Å². The topological polar surface area (TPSA) is 75.6 Å². The molecule has 0 unspecified atom stereocenters. The summed E-state index contributed by atoms with van der Waals surface area (Å²) in [6.45, 7) is 0.111. The van der Waals surface area contributed by atoms with Crippen LogP contribution >= 0.6 is 11.6 Å². The van der Waals surface area contributed by atoms with Gasteiger partial charge in [-0.25, -0.2) is 0 Å². The average molecular weight is 376 g/mol. The zero-order valence-electron chi connectivity index (χ0n) is 14.5. The maximum Gasteiger partial charge on any atom is 0.308 e. The number of carboxylic acids is 1. The molecule has 0 heterocycles. The van der Waals surface area contributed by atoms with E-state index in [2.05, 4.69) is 5.32 Å². The van der Waals surface area contributed by atoms with Crippen molar-refractivity contribution >= 4 is 24.0 Å². The van der Waals surface area contributed by atoms with Gasteiger partial charge >= 0.3 is 5.97 Å². The molecule has 138 valence electrons. The number of benzene rings is 2. The van der Waals surface area contributed by atoms with Gasteiger partial charge in [0, 0.05) is 18.2 Å². The van der Waals surface area contributed by atoms with Crippen molar-refractivity contribution in [2.75, 3.05) is 13.7 Å². The highest BCUT2D eigenvalue weighted by molar-refractivity contribution is 6.30. The lowest BCUT2D eigenvalue weighted by atomic mass is 9.94. The largest absolute Gasteiger partial charge is 0.481 e. The van der Waals surface area contributed by atoms with Gasteiger partial charge in [0.1, 0.15) is 0 Å². The lowest BCUT2D eigenvalue weighted by molar-refractivity contribution is -0.144. The van der Waals surface area contributed by atoms with Crippen molar-refractivity contribution in [3.8, 4) is 11.1 Å². The van der Waals surface area contributed by atoms with Crippen LogP contribution in [0.25, 0.3) is 11.1 Å². The zero-order chi connectivity index (χ0) is 18.9. The molecule has 2 N–H and O–H groups in total. The second kappa shape index (κ2) is 9.94. The number of carbonyl (C=O) groups excluding carboxylic acids is 1. The van der Waals surface area contributed by atoms with Crippen molar-refractivity contribution in [3.63, 3.8) is 0 Å². The summed E-state index contributed by atoms with van der Waals surface area (Å²) in [6, 6.07) is 15.3. The van der Waals surface area contributed by atoms with Crippen molar-refractivity contribution in [2.45, 2.75) is 18.9 Å². The number of ether oxygens (including phenoxy) is 1. The number of carbonyl (C=O) groups is 2. The van der Waals surface area contributed by atoms with Crippen molar-refractivity contribution < 1.29 is 19.4 Å².